The highest BCUT2D eigenvalue weighted by Crippen LogP contribution is 2.23. The summed E-state index contributed by atoms with van der Waals surface area (Å²) in [6, 6.07) is 6.64. The Labute approximate surface area is 158 Å². The van der Waals surface area contributed by atoms with Gasteiger partial charge in [0, 0.05) is 18.9 Å². The van der Waals surface area contributed by atoms with E-state index in [4.69, 9.17) is 4.42 Å². The van der Waals surface area contributed by atoms with Crippen LogP contribution in [-0.2, 0) is 11.2 Å². The first-order valence-electron chi connectivity index (χ1n) is 7.92. The van der Waals surface area contributed by atoms with Crippen LogP contribution in [0.3, 0.4) is 0 Å². The van der Waals surface area contributed by atoms with Crippen LogP contribution in [0.4, 0.5) is 4.39 Å². The molecule has 2 aromatic rings. The molecule has 5 nitrogen and oxygen atoms in total. The number of hydrogen-bond acceptors (Lipinski definition) is 4. The van der Waals surface area contributed by atoms with E-state index in [0.29, 0.717) is 30.1 Å². The smallest absolute Gasteiger partial charge is 0.220 e. The van der Waals surface area contributed by atoms with Gasteiger partial charge in [0.1, 0.15) is 5.82 Å². The molecule has 8 heteroatoms. The van der Waals surface area contributed by atoms with Gasteiger partial charge < -0.3 is 15.1 Å². The molecule has 0 spiro atoms. The summed E-state index contributed by atoms with van der Waals surface area (Å²) < 4.78 is 19.3. The summed E-state index contributed by atoms with van der Waals surface area (Å²) in [4.78, 5) is 16.1. The standard InChI is InChI=1S/C17H20FN3O2.2ClH/c18-14-4-2-1-3-13(14)15-11-20-17(23-15)6-5-16(22)21-12-7-9-19-10-8-12;;/h1-4,11-12,19H,5-10H2,(H,21,22);2*1H. The van der Waals surface area contributed by atoms with Crippen LogP contribution in [0.5, 0.6) is 0 Å². The molecule has 0 radical (unpaired) electrons. The molecule has 3 rings (SSSR count). The molecule has 2 N–H and O–H groups in total. The van der Waals surface area contributed by atoms with Crippen LogP contribution < -0.4 is 10.6 Å². The zero-order chi connectivity index (χ0) is 16.1. The van der Waals surface area contributed by atoms with Gasteiger partial charge in [-0.05, 0) is 38.1 Å². The molecule has 1 aromatic carbocycles. The number of piperidine rings is 1. The van der Waals surface area contributed by atoms with Gasteiger partial charge in [0.15, 0.2) is 11.7 Å². The van der Waals surface area contributed by atoms with Crippen LogP contribution in [-0.4, -0.2) is 30.0 Å². The van der Waals surface area contributed by atoms with E-state index in [-0.39, 0.29) is 42.6 Å². The largest absolute Gasteiger partial charge is 0.441 e. The SMILES string of the molecule is Cl.Cl.O=C(CCc1ncc(-c2ccccc2F)o1)NC1CCNCC1. The molecule has 0 aliphatic carbocycles. The van der Waals surface area contributed by atoms with Crippen LogP contribution in [0.15, 0.2) is 34.9 Å². The predicted octanol–water partition coefficient (Wildman–Crippen LogP) is 3.13. The van der Waals surface area contributed by atoms with E-state index in [1.165, 1.54) is 12.3 Å². The van der Waals surface area contributed by atoms with Crippen molar-refractivity contribution in [3.05, 3.63) is 42.2 Å². The second-order valence-corrected chi connectivity index (χ2v) is 5.69. The van der Waals surface area contributed by atoms with Crippen molar-refractivity contribution in [1.29, 1.82) is 0 Å². The van der Waals surface area contributed by atoms with E-state index in [1.807, 2.05) is 0 Å². The number of hydrogen-bond donors (Lipinski definition) is 2. The van der Waals surface area contributed by atoms with Crippen molar-refractivity contribution in [2.75, 3.05) is 13.1 Å². The topological polar surface area (TPSA) is 67.2 Å². The summed E-state index contributed by atoms with van der Waals surface area (Å²) in [6.07, 6.45) is 4.15. The Morgan fingerprint density at radius 2 is 2.00 bits per heavy atom. The number of carbonyl (C=O) groups excluding carboxylic acids is 1. The summed E-state index contributed by atoms with van der Waals surface area (Å²) in [5.41, 5.74) is 0.380. The molecule has 0 unspecified atom stereocenters. The molecular weight excluding hydrogens is 368 g/mol. The number of oxazole rings is 1. The number of amides is 1. The van der Waals surface area contributed by atoms with Crippen molar-refractivity contribution in [3.63, 3.8) is 0 Å². The van der Waals surface area contributed by atoms with Crippen LogP contribution in [0.2, 0.25) is 0 Å². The number of carbonyl (C=O) groups is 1. The van der Waals surface area contributed by atoms with Crippen molar-refractivity contribution in [3.8, 4) is 11.3 Å². The highest BCUT2D eigenvalue weighted by atomic mass is 35.5. The molecule has 1 aliphatic heterocycles. The Morgan fingerprint density at radius 1 is 1.28 bits per heavy atom. The zero-order valence-electron chi connectivity index (χ0n) is 13.7. The quantitative estimate of drug-likeness (QED) is 0.824. The highest BCUT2D eigenvalue weighted by molar-refractivity contribution is 5.85. The van der Waals surface area contributed by atoms with E-state index in [1.54, 1.807) is 18.2 Å². The average Bonchev–Trinajstić information content (AvgIpc) is 3.03. The molecular formula is C17H22Cl2FN3O2. The second kappa shape index (κ2) is 10.4. The summed E-state index contributed by atoms with van der Waals surface area (Å²) in [6.45, 7) is 1.88. The van der Waals surface area contributed by atoms with E-state index in [0.717, 1.165) is 25.9 Å². The molecule has 2 heterocycles. The van der Waals surface area contributed by atoms with Crippen molar-refractivity contribution in [2.45, 2.75) is 31.7 Å². The van der Waals surface area contributed by atoms with Gasteiger partial charge in [0.05, 0.1) is 11.8 Å². The Hall–Kier alpha value is -1.63. The summed E-state index contributed by atoms with van der Waals surface area (Å²) in [5.74, 6) is 0.488. The molecule has 1 aliphatic rings. The number of nitrogens with zero attached hydrogens (tertiary/aromatic N) is 1. The normalized spacial score (nSPS) is 14.3. The van der Waals surface area contributed by atoms with Crippen molar-refractivity contribution < 1.29 is 13.6 Å². The monoisotopic (exact) mass is 389 g/mol. The van der Waals surface area contributed by atoms with E-state index >= 15 is 0 Å². The zero-order valence-corrected chi connectivity index (χ0v) is 15.3. The van der Waals surface area contributed by atoms with E-state index < -0.39 is 0 Å². The molecule has 0 saturated carbocycles. The van der Waals surface area contributed by atoms with E-state index in [9.17, 15) is 9.18 Å². The Kier molecular flexibility index (Phi) is 8.89. The minimum atomic E-state index is -0.348. The molecule has 0 atom stereocenters. The molecule has 138 valence electrons. The third kappa shape index (κ3) is 5.99. The molecule has 0 bridgehead atoms. The molecule has 25 heavy (non-hydrogen) atoms. The maximum Gasteiger partial charge on any atom is 0.220 e. The lowest BCUT2D eigenvalue weighted by atomic mass is 10.1. The van der Waals surface area contributed by atoms with Gasteiger partial charge in [0.2, 0.25) is 5.91 Å². The minimum absolute atomic E-state index is 0. The fraction of sp³-hybridized carbons (Fsp3) is 0.412. The lowest BCUT2D eigenvalue weighted by Gasteiger charge is -2.23. The summed E-state index contributed by atoms with van der Waals surface area (Å²) >= 11 is 0. The van der Waals surface area contributed by atoms with Gasteiger partial charge in [0.25, 0.3) is 0 Å². The highest BCUT2D eigenvalue weighted by Gasteiger charge is 2.16. The lowest BCUT2D eigenvalue weighted by Crippen LogP contribution is -2.42. The first-order valence-corrected chi connectivity index (χ1v) is 7.92. The lowest BCUT2D eigenvalue weighted by molar-refractivity contribution is -0.122. The Balaban J connectivity index is 0.00000156. The maximum absolute atomic E-state index is 13.7. The van der Waals surface area contributed by atoms with Gasteiger partial charge in [-0.2, -0.15) is 0 Å². The predicted molar refractivity (Wildman–Crippen MR) is 98.7 cm³/mol. The number of benzene rings is 1. The molecule has 1 amide bonds. The van der Waals surface area contributed by atoms with E-state index in [2.05, 4.69) is 15.6 Å². The number of nitrogens with one attached hydrogen (secondary N) is 2. The third-order valence-corrected chi connectivity index (χ3v) is 3.96. The average molecular weight is 390 g/mol. The van der Waals surface area contributed by atoms with Crippen LogP contribution in [0.1, 0.15) is 25.2 Å². The fourth-order valence-electron chi connectivity index (χ4n) is 2.70. The van der Waals surface area contributed by atoms with Crippen molar-refractivity contribution >= 4 is 30.7 Å². The van der Waals surface area contributed by atoms with Crippen LogP contribution in [0, 0.1) is 5.82 Å². The molecule has 1 saturated heterocycles. The third-order valence-electron chi connectivity index (χ3n) is 3.96. The number of aromatic nitrogens is 1. The van der Waals surface area contributed by atoms with Gasteiger partial charge >= 0.3 is 0 Å². The number of rotatable bonds is 5. The Morgan fingerprint density at radius 3 is 2.72 bits per heavy atom. The van der Waals surface area contributed by atoms with Gasteiger partial charge in [-0.3, -0.25) is 4.79 Å². The molecule has 1 aromatic heterocycles. The first-order chi connectivity index (χ1) is 11.2. The minimum Gasteiger partial charge on any atom is -0.441 e. The molecule has 1 fully saturated rings. The maximum atomic E-state index is 13.7. The Bertz CT molecular complexity index is 675. The van der Waals surface area contributed by atoms with Gasteiger partial charge in [-0.25, -0.2) is 9.37 Å². The van der Waals surface area contributed by atoms with Crippen LogP contribution in [0.25, 0.3) is 11.3 Å². The second-order valence-electron chi connectivity index (χ2n) is 5.69. The summed E-state index contributed by atoms with van der Waals surface area (Å²) in [7, 11) is 0. The van der Waals surface area contributed by atoms with Crippen molar-refractivity contribution in [1.82, 2.24) is 15.6 Å². The van der Waals surface area contributed by atoms with Gasteiger partial charge in [-0.15, -0.1) is 24.8 Å². The first kappa shape index (κ1) is 21.4. The van der Waals surface area contributed by atoms with Gasteiger partial charge in [-0.1, -0.05) is 12.1 Å². The number of halogens is 3. The number of aryl methyl sites for hydroxylation is 1. The van der Waals surface area contributed by atoms with Crippen molar-refractivity contribution in [2.24, 2.45) is 0 Å². The van der Waals surface area contributed by atoms with Crippen LogP contribution >= 0.6 is 24.8 Å². The fourth-order valence-corrected chi connectivity index (χ4v) is 2.70. The summed E-state index contributed by atoms with van der Waals surface area (Å²) in [5, 5.41) is 6.29.